The first-order chi connectivity index (χ1) is 8.54. The predicted octanol–water partition coefficient (Wildman–Crippen LogP) is 2.34. The average molecular weight is 257 g/mol. The summed E-state index contributed by atoms with van der Waals surface area (Å²) in [6, 6.07) is 0. The summed E-state index contributed by atoms with van der Waals surface area (Å²) in [6.07, 6.45) is 9.64. The van der Waals surface area contributed by atoms with Crippen LogP contribution in [0.5, 0.6) is 0 Å². The highest BCUT2D eigenvalue weighted by Gasteiger charge is 2.20. The molecule has 3 heteroatoms. The lowest BCUT2D eigenvalue weighted by atomic mass is 10.1. The van der Waals surface area contributed by atoms with Gasteiger partial charge in [0, 0.05) is 0 Å². The van der Waals surface area contributed by atoms with E-state index in [-0.39, 0.29) is 6.54 Å². The van der Waals surface area contributed by atoms with Gasteiger partial charge in [0.05, 0.1) is 26.1 Å². The normalized spacial score (nSPS) is 11.7. The van der Waals surface area contributed by atoms with E-state index in [0.29, 0.717) is 4.48 Å². The maximum absolute atomic E-state index is 10.9. The lowest BCUT2D eigenvalue weighted by Gasteiger charge is -2.35. The molecule has 0 aliphatic heterocycles. The molecule has 18 heavy (non-hydrogen) atoms. The third-order valence-corrected chi connectivity index (χ3v) is 3.61. The van der Waals surface area contributed by atoms with Gasteiger partial charge in [-0.25, -0.2) is 0 Å². The van der Waals surface area contributed by atoms with Crippen molar-refractivity contribution in [2.45, 2.75) is 65.2 Å². The molecule has 0 aromatic rings. The van der Waals surface area contributed by atoms with Crippen molar-refractivity contribution in [1.82, 2.24) is 0 Å². The Bertz CT molecular complexity index is 205. The van der Waals surface area contributed by atoms with Gasteiger partial charge >= 0.3 is 0 Å². The second kappa shape index (κ2) is 10.4. The molecule has 0 bridgehead atoms. The zero-order valence-corrected chi connectivity index (χ0v) is 12.5. The van der Waals surface area contributed by atoms with E-state index in [1.807, 2.05) is 0 Å². The van der Waals surface area contributed by atoms with Crippen LogP contribution in [0.3, 0.4) is 0 Å². The van der Waals surface area contributed by atoms with Crippen LogP contribution in [0.2, 0.25) is 0 Å². The Morgan fingerprint density at radius 2 is 1.33 bits per heavy atom. The quantitative estimate of drug-likeness (QED) is 0.398. The van der Waals surface area contributed by atoms with Crippen molar-refractivity contribution < 1.29 is 14.4 Å². The van der Waals surface area contributed by atoms with Crippen molar-refractivity contribution in [2.75, 3.05) is 26.7 Å². The second-order valence-electron chi connectivity index (χ2n) is 5.72. The maximum atomic E-state index is 10.9. The zero-order chi connectivity index (χ0) is 13.9. The standard InChI is InChI=1S/C15H31NO2/c1-4-6-8-10-12-16(3,14-15(17)18)13-11-9-7-5-2/h4-14H2,1-3H3. The summed E-state index contributed by atoms with van der Waals surface area (Å²) < 4.78 is 0.649. The second-order valence-corrected chi connectivity index (χ2v) is 5.72. The van der Waals surface area contributed by atoms with Gasteiger partial charge in [-0.1, -0.05) is 39.5 Å². The van der Waals surface area contributed by atoms with E-state index in [1.54, 1.807) is 0 Å². The van der Waals surface area contributed by atoms with Crippen LogP contribution in [0.15, 0.2) is 0 Å². The molecule has 0 aliphatic rings. The molecule has 0 N–H and O–H groups in total. The molecule has 0 spiro atoms. The third-order valence-electron chi connectivity index (χ3n) is 3.61. The Kier molecular flexibility index (Phi) is 10.0. The SMILES string of the molecule is CCCCCC[N+](C)(CCCCCC)CC(=O)[O-]. The van der Waals surface area contributed by atoms with E-state index in [2.05, 4.69) is 20.9 Å². The monoisotopic (exact) mass is 257 g/mol. The molecule has 0 unspecified atom stereocenters. The molecule has 0 saturated carbocycles. The van der Waals surface area contributed by atoms with Crippen LogP contribution in [0.4, 0.5) is 0 Å². The highest BCUT2D eigenvalue weighted by Crippen LogP contribution is 2.11. The lowest BCUT2D eigenvalue weighted by molar-refractivity contribution is -0.904. The van der Waals surface area contributed by atoms with Gasteiger partial charge in [-0.05, 0) is 25.7 Å². The number of carbonyl (C=O) groups excluding carboxylic acids is 1. The van der Waals surface area contributed by atoms with E-state index in [4.69, 9.17) is 0 Å². The number of nitrogens with zero attached hydrogens (tertiary/aromatic N) is 1. The summed E-state index contributed by atoms with van der Waals surface area (Å²) >= 11 is 0. The van der Waals surface area contributed by atoms with Gasteiger partial charge in [-0.2, -0.15) is 0 Å². The van der Waals surface area contributed by atoms with Crippen LogP contribution in [-0.2, 0) is 4.79 Å². The number of aliphatic carboxylic acids is 1. The largest absolute Gasteiger partial charge is 0.544 e. The molecule has 108 valence electrons. The first-order valence-corrected chi connectivity index (χ1v) is 7.57. The number of carboxylic acid groups (broad SMARTS) is 1. The molecule has 0 radical (unpaired) electrons. The summed E-state index contributed by atoms with van der Waals surface area (Å²) in [4.78, 5) is 10.9. The number of hydrogen-bond acceptors (Lipinski definition) is 2. The van der Waals surface area contributed by atoms with Gasteiger partial charge in [-0.15, -0.1) is 0 Å². The summed E-state index contributed by atoms with van der Waals surface area (Å²) in [5.74, 6) is -0.913. The number of likely N-dealkylation sites (N-methyl/N-ethyl adjacent to an activating group) is 1. The van der Waals surface area contributed by atoms with Crippen LogP contribution in [-0.4, -0.2) is 37.1 Å². The maximum Gasteiger partial charge on any atom is 0.119 e. The molecule has 0 amide bonds. The van der Waals surface area contributed by atoms with Gasteiger partial charge in [0.25, 0.3) is 0 Å². The summed E-state index contributed by atoms with van der Waals surface area (Å²) in [7, 11) is 2.06. The summed E-state index contributed by atoms with van der Waals surface area (Å²) in [5.41, 5.74) is 0. The van der Waals surface area contributed by atoms with Crippen LogP contribution in [0.25, 0.3) is 0 Å². The Morgan fingerprint density at radius 1 is 0.889 bits per heavy atom. The molecule has 0 saturated heterocycles. The van der Waals surface area contributed by atoms with Gasteiger partial charge in [0.2, 0.25) is 0 Å². The van der Waals surface area contributed by atoms with Crippen molar-refractivity contribution in [3.05, 3.63) is 0 Å². The zero-order valence-electron chi connectivity index (χ0n) is 12.5. The summed E-state index contributed by atoms with van der Waals surface area (Å²) in [6.45, 7) is 6.50. The molecule has 3 nitrogen and oxygen atoms in total. The number of carbonyl (C=O) groups is 1. The van der Waals surface area contributed by atoms with Crippen molar-refractivity contribution in [2.24, 2.45) is 0 Å². The number of unbranched alkanes of at least 4 members (excludes halogenated alkanes) is 6. The van der Waals surface area contributed by atoms with Crippen LogP contribution in [0, 0.1) is 0 Å². The van der Waals surface area contributed by atoms with Crippen molar-refractivity contribution in [3.63, 3.8) is 0 Å². The molecule has 0 rings (SSSR count). The van der Waals surface area contributed by atoms with Crippen LogP contribution in [0.1, 0.15) is 65.2 Å². The Balaban J connectivity index is 4.03. The van der Waals surface area contributed by atoms with E-state index in [1.165, 1.54) is 38.5 Å². The fourth-order valence-electron chi connectivity index (χ4n) is 2.42. The van der Waals surface area contributed by atoms with Gasteiger partial charge in [0.1, 0.15) is 6.54 Å². The minimum absolute atomic E-state index is 0.165. The van der Waals surface area contributed by atoms with Gasteiger partial charge < -0.3 is 14.4 Å². The smallest absolute Gasteiger partial charge is 0.119 e. The first kappa shape index (κ1) is 17.4. The summed E-state index contributed by atoms with van der Waals surface area (Å²) in [5, 5.41) is 10.9. The van der Waals surface area contributed by atoms with E-state index in [9.17, 15) is 9.90 Å². The number of hydrogen-bond donors (Lipinski definition) is 0. The Labute approximate surface area is 113 Å². The first-order valence-electron chi connectivity index (χ1n) is 7.57. The lowest BCUT2D eigenvalue weighted by Crippen LogP contribution is -2.52. The predicted molar refractivity (Wildman–Crippen MR) is 74.1 cm³/mol. The highest BCUT2D eigenvalue weighted by molar-refractivity contribution is 5.65. The molecule has 0 atom stereocenters. The van der Waals surface area contributed by atoms with E-state index in [0.717, 1.165) is 25.9 Å². The van der Waals surface area contributed by atoms with Crippen LogP contribution < -0.4 is 5.11 Å². The Hall–Kier alpha value is -0.570. The molecule has 0 aromatic carbocycles. The van der Waals surface area contributed by atoms with Gasteiger partial charge in [0.15, 0.2) is 0 Å². The molecule has 0 heterocycles. The molecular formula is C15H31NO2. The molecule has 0 fully saturated rings. The molecule has 0 aliphatic carbocycles. The highest BCUT2D eigenvalue weighted by atomic mass is 16.4. The van der Waals surface area contributed by atoms with E-state index < -0.39 is 5.97 Å². The number of carboxylic acids is 1. The number of quaternary nitrogens is 1. The Morgan fingerprint density at radius 3 is 1.67 bits per heavy atom. The average Bonchev–Trinajstić information content (AvgIpc) is 2.30. The van der Waals surface area contributed by atoms with Crippen LogP contribution >= 0.6 is 0 Å². The fraction of sp³-hybridized carbons (Fsp3) is 0.933. The van der Waals surface area contributed by atoms with Gasteiger partial charge in [-0.3, -0.25) is 0 Å². The van der Waals surface area contributed by atoms with E-state index >= 15 is 0 Å². The minimum Gasteiger partial charge on any atom is -0.544 e. The third kappa shape index (κ3) is 9.46. The molecular weight excluding hydrogens is 226 g/mol. The minimum atomic E-state index is -0.913. The topological polar surface area (TPSA) is 40.1 Å². The fourth-order valence-corrected chi connectivity index (χ4v) is 2.42. The van der Waals surface area contributed by atoms with Crippen molar-refractivity contribution in [3.8, 4) is 0 Å². The number of rotatable bonds is 12. The molecule has 0 aromatic heterocycles. The van der Waals surface area contributed by atoms with Crippen molar-refractivity contribution >= 4 is 5.97 Å². The van der Waals surface area contributed by atoms with Crippen molar-refractivity contribution in [1.29, 1.82) is 0 Å².